The molecule has 0 aromatic carbocycles. The van der Waals surface area contributed by atoms with Crippen molar-refractivity contribution in [3.8, 4) is 0 Å². The SMILES string of the molecule is CC(C)CNCCC[CH]NCC(C)(C)C. The van der Waals surface area contributed by atoms with Crippen molar-refractivity contribution in [2.75, 3.05) is 19.6 Å². The standard InChI is InChI=1S/C13H29N2/c1-12(2)10-14-8-6-7-9-15-11-13(3,4)5/h9,12,14-15H,6-8,10-11H2,1-5H3. The molecule has 2 N–H and O–H groups in total. The van der Waals surface area contributed by atoms with Gasteiger partial charge < -0.3 is 10.6 Å². The molecule has 0 spiro atoms. The first-order valence-electron chi connectivity index (χ1n) is 6.17. The van der Waals surface area contributed by atoms with Gasteiger partial charge in [0.1, 0.15) is 0 Å². The zero-order valence-corrected chi connectivity index (χ0v) is 11.2. The summed E-state index contributed by atoms with van der Waals surface area (Å²) < 4.78 is 0. The maximum absolute atomic E-state index is 3.44. The van der Waals surface area contributed by atoms with Crippen molar-refractivity contribution in [2.24, 2.45) is 11.3 Å². The molecule has 0 rings (SSSR count). The number of nitrogens with one attached hydrogen (secondary N) is 2. The maximum atomic E-state index is 3.44. The van der Waals surface area contributed by atoms with Gasteiger partial charge in [-0.1, -0.05) is 34.6 Å². The second-order valence-corrected chi connectivity index (χ2v) is 5.89. The highest BCUT2D eigenvalue weighted by atomic mass is 14.9. The Morgan fingerprint density at radius 2 is 1.87 bits per heavy atom. The fraction of sp³-hybridized carbons (Fsp3) is 0.923. The van der Waals surface area contributed by atoms with Crippen molar-refractivity contribution < 1.29 is 0 Å². The van der Waals surface area contributed by atoms with Gasteiger partial charge in [0, 0.05) is 13.1 Å². The van der Waals surface area contributed by atoms with Crippen molar-refractivity contribution in [1.82, 2.24) is 10.6 Å². The lowest BCUT2D eigenvalue weighted by atomic mass is 9.97. The zero-order chi connectivity index (χ0) is 11.7. The smallest absolute Gasteiger partial charge is 0.0221 e. The van der Waals surface area contributed by atoms with Crippen molar-refractivity contribution in [3.05, 3.63) is 6.54 Å². The molecule has 0 saturated carbocycles. The Morgan fingerprint density at radius 3 is 2.40 bits per heavy atom. The van der Waals surface area contributed by atoms with Crippen LogP contribution >= 0.6 is 0 Å². The van der Waals surface area contributed by atoms with E-state index in [1.54, 1.807) is 0 Å². The van der Waals surface area contributed by atoms with Crippen molar-refractivity contribution >= 4 is 0 Å². The fourth-order valence-corrected chi connectivity index (χ4v) is 1.20. The largest absolute Gasteiger partial charge is 0.316 e. The van der Waals surface area contributed by atoms with E-state index in [4.69, 9.17) is 0 Å². The molecular formula is C13H29N2. The second-order valence-electron chi connectivity index (χ2n) is 5.89. The molecule has 2 nitrogen and oxygen atoms in total. The van der Waals surface area contributed by atoms with Crippen molar-refractivity contribution in [3.63, 3.8) is 0 Å². The lowest BCUT2D eigenvalue weighted by Gasteiger charge is -2.18. The van der Waals surface area contributed by atoms with Crippen LogP contribution in [-0.4, -0.2) is 19.6 Å². The third-order valence-electron chi connectivity index (χ3n) is 2.03. The van der Waals surface area contributed by atoms with E-state index in [1.165, 1.54) is 6.42 Å². The lowest BCUT2D eigenvalue weighted by molar-refractivity contribution is 0.391. The third kappa shape index (κ3) is 13.9. The monoisotopic (exact) mass is 213 g/mol. The Labute approximate surface area is 96.2 Å². The molecule has 0 aromatic heterocycles. The summed E-state index contributed by atoms with van der Waals surface area (Å²) in [5, 5.41) is 6.82. The van der Waals surface area contributed by atoms with E-state index in [0.29, 0.717) is 5.41 Å². The van der Waals surface area contributed by atoms with Crippen LogP contribution in [-0.2, 0) is 0 Å². The van der Waals surface area contributed by atoms with Crippen LogP contribution < -0.4 is 10.6 Å². The van der Waals surface area contributed by atoms with E-state index in [9.17, 15) is 0 Å². The highest BCUT2D eigenvalue weighted by Crippen LogP contribution is 2.10. The first kappa shape index (κ1) is 14.9. The van der Waals surface area contributed by atoms with Crippen molar-refractivity contribution in [1.29, 1.82) is 0 Å². The van der Waals surface area contributed by atoms with Crippen LogP contribution in [0.15, 0.2) is 0 Å². The first-order chi connectivity index (χ1) is 6.92. The van der Waals surface area contributed by atoms with Crippen LogP contribution in [0.2, 0.25) is 0 Å². The Balaban J connectivity index is 3.06. The van der Waals surface area contributed by atoms with Crippen LogP contribution in [0.4, 0.5) is 0 Å². The summed E-state index contributed by atoms with van der Waals surface area (Å²) in [5.74, 6) is 0.757. The predicted molar refractivity (Wildman–Crippen MR) is 68.7 cm³/mol. The molecule has 0 unspecified atom stereocenters. The molecule has 0 bridgehead atoms. The highest BCUT2D eigenvalue weighted by molar-refractivity contribution is 4.70. The van der Waals surface area contributed by atoms with E-state index in [1.807, 2.05) is 0 Å². The second kappa shape index (κ2) is 8.12. The van der Waals surface area contributed by atoms with Crippen LogP contribution in [0.3, 0.4) is 0 Å². The van der Waals surface area contributed by atoms with Gasteiger partial charge >= 0.3 is 0 Å². The summed E-state index contributed by atoms with van der Waals surface area (Å²) in [6.45, 7) is 16.7. The van der Waals surface area contributed by atoms with E-state index in [-0.39, 0.29) is 0 Å². The van der Waals surface area contributed by atoms with E-state index >= 15 is 0 Å². The van der Waals surface area contributed by atoms with Gasteiger partial charge in [0.2, 0.25) is 0 Å². The summed E-state index contributed by atoms with van der Waals surface area (Å²) >= 11 is 0. The molecule has 0 aromatic rings. The Morgan fingerprint density at radius 1 is 1.20 bits per heavy atom. The van der Waals surface area contributed by atoms with E-state index in [0.717, 1.165) is 32.0 Å². The molecule has 15 heavy (non-hydrogen) atoms. The zero-order valence-electron chi connectivity index (χ0n) is 11.2. The molecule has 0 aliphatic carbocycles. The predicted octanol–water partition coefficient (Wildman–Crippen LogP) is 2.81. The van der Waals surface area contributed by atoms with Crippen molar-refractivity contribution in [2.45, 2.75) is 47.5 Å². The van der Waals surface area contributed by atoms with Gasteiger partial charge in [0.25, 0.3) is 0 Å². The molecule has 2 heteroatoms. The number of hydrogen-bond acceptors (Lipinski definition) is 2. The van der Waals surface area contributed by atoms with E-state index < -0.39 is 0 Å². The fourth-order valence-electron chi connectivity index (χ4n) is 1.20. The minimum absolute atomic E-state index is 0.381. The van der Waals surface area contributed by atoms with Crippen LogP contribution in [0.25, 0.3) is 0 Å². The third-order valence-corrected chi connectivity index (χ3v) is 2.03. The summed E-state index contributed by atoms with van der Waals surface area (Å²) in [4.78, 5) is 0. The van der Waals surface area contributed by atoms with Crippen LogP contribution in [0.1, 0.15) is 47.5 Å². The normalized spacial score (nSPS) is 12.4. The number of hydrogen-bond donors (Lipinski definition) is 2. The summed E-state index contributed by atoms with van der Waals surface area (Å²) in [7, 11) is 0. The molecule has 0 saturated heterocycles. The van der Waals surface area contributed by atoms with Crippen LogP contribution in [0, 0.1) is 17.9 Å². The van der Waals surface area contributed by atoms with E-state index in [2.05, 4.69) is 51.8 Å². The van der Waals surface area contributed by atoms with Crippen LogP contribution in [0.5, 0.6) is 0 Å². The van der Waals surface area contributed by atoms with Gasteiger partial charge in [0.15, 0.2) is 0 Å². The molecule has 1 radical (unpaired) electrons. The Bertz CT molecular complexity index is 136. The number of unbranched alkanes of at least 4 members (excludes halogenated alkanes) is 1. The molecule has 0 aliphatic rings. The average Bonchev–Trinajstić information content (AvgIpc) is 2.07. The summed E-state index contributed by atoms with van der Waals surface area (Å²) in [6, 6.07) is 0. The average molecular weight is 213 g/mol. The molecule has 91 valence electrons. The molecule has 0 atom stereocenters. The molecule has 0 aliphatic heterocycles. The van der Waals surface area contributed by atoms with Gasteiger partial charge in [-0.3, -0.25) is 0 Å². The van der Waals surface area contributed by atoms with Gasteiger partial charge in [-0.15, -0.1) is 0 Å². The van der Waals surface area contributed by atoms with Gasteiger partial charge in [-0.25, -0.2) is 0 Å². The topological polar surface area (TPSA) is 24.1 Å². The Kier molecular flexibility index (Phi) is 8.07. The molecule has 0 amide bonds. The lowest BCUT2D eigenvalue weighted by Crippen LogP contribution is -2.25. The molecular weight excluding hydrogens is 184 g/mol. The summed E-state index contributed by atoms with van der Waals surface area (Å²) in [6.07, 6.45) is 2.38. The Hall–Kier alpha value is -0.0800. The minimum Gasteiger partial charge on any atom is -0.316 e. The molecule has 0 fully saturated rings. The number of rotatable bonds is 8. The quantitative estimate of drug-likeness (QED) is 0.606. The maximum Gasteiger partial charge on any atom is 0.0221 e. The highest BCUT2D eigenvalue weighted by Gasteiger charge is 2.08. The van der Waals surface area contributed by atoms with Gasteiger partial charge in [-0.2, -0.15) is 0 Å². The first-order valence-corrected chi connectivity index (χ1v) is 6.17. The molecule has 0 heterocycles. The van der Waals surface area contributed by atoms with Gasteiger partial charge in [-0.05, 0) is 37.3 Å². The minimum atomic E-state index is 0.381. The van der Waals surface area contributed by atoms with Gasteiger partial charge in [0.05, 0.1) is 0 Å². The summed E-state index contributed by atoms with van der Waals surface area (Å²) in [5.41, 5.74) is 0.381.